The molecule has 1 N–H and O–H groups in total. The first-order valence-electron chi connectivity index (χ1n) is 10.2. The SMILES string of the molecule is COc1ccccc1N1CCN(C(=O)C2CC2C(=O)NCc2ccccc2)CC1. The third-order valence-electron chi connectivity index (χ3n) is 5.77. The number of methoxy groups -OCH3 is 1. The van der Waals surface area contributed by atoms with Crippen molar-refractivity contribution < 1.29 is 14.3 Å². The van der Waals surface area contributed by atoms with Crippen LogP contribution < -0.4 is 15.0 Å². The number of piperazine rings is 1. The van der Waals surface area contributed by atoms with E-state index >= 15 is 0 Å². The molecule has 0 bridgehead atoms. The van der Waals surface area contributed by atoms with Crippen molar-refractivity contribution in [1.82, 2.24) is 10.2 Å². The average Bonchev–Trinajstić information content (AvgIpc) is 3.59. The quantitative estimate of drug-likeness (QED) is 0.818. The second kappa shape index (κ2) is 8.55. The van der Waals surface area contributed by atoms with Crippen LogP contribution in [-0.4, -0.2) is 50.0 Å². The summed E-state index contributed by atoms with van der Waals surface area (Å²) in [6.07, 6.45) is 0.659. The first-order valence-corrected chi connectivity index (χ1v) is 10.2. The van der Waals surface area contributed by atoms with E-state index in [-0.39, 0.29) is 23.7 Å². The van der Waals surface area contributed by atoms with E-state index < -0.39 is 0 Å². The molecular weight excluding hydrogens is 366 g/mol. The number of rotatable bonds is 6. The highest BCUT2D eigenvalue weighted by atomic mass is 16.5. The number of anilines is 1. The van der Waals surface area contributed by atoms with Gasteiger partial charge in [-0.1, -0.05) is 42.5 Å². The Balaban J connectivity index is 1.26. The zero-order valence-electron chi connectivity index (χ0n) is 16.7. The number of para-hydroxylation sites is 2. The molecule has 0 aromatic heterocycles. The second-order valence-corrected chi connectivity index (χ2v) is 7.64. The minimum atomic E-state index is -0.182. The van der Waals surface area contributed by atoms with Gasteiger partial charge >= 0.3 is 0 Å². The molecule has 152 valence electrons. The molecule has 1 heterocycles. The van der Waals surface area contributed by atoms with Crippen LogP contribution >= 0.6 is 0 Å². The molecule has 2 aliphatic rings. The molecule has 2 unspecified atom stereocenters. The van der Waals surface area contributed by atoms with Gasteiger partial charge < -0.3 is 19.9 Å². The van der Waals surface area contributed by atoms with Crippen molar-refractivity contribution in [2.24, 2.45) is 11.8 Å². The van der Waals surface area contributed by atoms with Crippen LogP contribution in [0.4, 0.5) is 5.69 Å². The molecule has 2 atom stereocenters. The highest BCUT2D eigenvalue weighted by Crippen LogP contribution is 2.40. The van der Waals surface area contributed by atoms with Crippen LogP contribution in [0.25, 0.3) is 0 Å². The number of hydrogen-bond acceptors (Lipinski definition) is 4. The van der Waals surface area contributed by atoms with Crippen molar-refractivity contribution in [3.05, 3.63) is 60.2 Å². The molecule has 6 heteroatoms. The van der Waals surface area contributed by atoms with Gasteiger partial charge in [-0.15, -0.1) is 0 Å². The van der Waals surface area contributed by atoms with Gasteiger partial charge in [0, 0.05) is 32.7 Å². The molecule has 6 nitrogen and oxygen atoms in total. The van der Waals surface area contributed by atoms with E-state index in [9.17, 15) is 9.59 Å². The third-order valence-corrected chi connectivity index (χ3v) is 5.77. The number of hydrogen-bond donors (Lipinski definition) is 1. The van der Waals surface area contributed by atoms with Gasteiger partial charge in [-0.2, -0.15) is 0 Å². The number of carbonyl (C=O) groups excluding carboxylic acids is 2. The fourth-order valence-electron chi connectivity index (χ4n) is 3.97. The van der Waals surface area contributed by atoms with Crippen LogP contribution in [0.5, 0.6) is 5.75 Å². The smallest absolute Gasteiger partial charge is 0.226 e. The van der Waals surface area contributed by atoms with E-state index in [0.717, 1.165) is 30.1 Å². The predicted molar refractivity (Wildman–Crippen MR) is 112 cm³/mol. The maximum atomic E-state index is 12.8. The Hall–Kier alpha value is -3.02. The first-order chi connectivity index (χ1) is 14.2. The van der Waals surface area contributed by atoms with Gasteiger partial charge in [0.25, 0.3) is 0 Å². The molecule has 1 saturated heterocycles. The summed E-state index contributed by atoms with van der Waals surface area (Å²) < 4.78 is 5.45. The molecule has 1 saturated carbocycles. The number of nitrogens with zero attached hydrogens (tertiary/aromatic N) is 2. The number of benzene rings is 2. The predicted octanol–water partition coefficient (Wildman–Crippen LogP) is 2.30. The summed E-state index contributed by atoms with van der Waals surface area (Å²) in [5.41, 5.74) is 2.13. The lowest BCUT2D eigenvalue weighted by atomic mass is 10.2. The van der Waals surface area contributed by atoms with E-state index in [0.29, 0.717) is 26.1 Å². The van der Waals surface area contributed by atoms with Crippen LogP contribution in [0.15, 0.2) is 54.6 Å². The highest BCUT2D eigenvalue weighted by Gasteiger charge is 2.49. The highest BCUT2D eigenvalue weighted by molar-refractivity contribution is 5.92. The monoisotopic (exact) mass is 393 g/mol. The van der Waals surface area contributed by atoms with Crippen molar-refractivity contribution in [3.63, 3.8) is 0 Å². The number of ether oxygens (including phenoxy) is 1. The summed E-state index contributed by atoms with van der Waals surface area (Å²) in [6, 6.07) is 17.8. The largest absolute Gasteiger partial charge is 0.495 e. The molecule has 2 aromatic rings. The molecule has 2 amide bonds. The summed E-state index contributed by atoms with van der Waals surface area (Å²) in [6.45, 7) is 3.39. The number of nitrogens with one attached hydrogen (secondary N) is 1. The summed E-state index contributed by atoms with van der Waals surface area (Å²) in [5.74, 6) is 0.607. The van der Waals surface area contributed by atoms with Crippen molar-refractivity contribution in [1.29, 1.82) is 0 Å². The molecule has 2 aromatic carbocycles. The summed E-state index contributed by atoms with van der Waals surface area (Å²) in [5, 5.41) is 2.96. The molecule has 29 heavy (non-hydrogen) atoms. The average molecular weight is 393 g/mol. The number of amides is 2. The van der Waals surface area contributed by atoms with Gasteiger partial charge in [0.1, 0.15) is 5.75 Å². The maximum absolute atomic E-state index is 12.8. The first kappa shape index (κ1) is 19.3. The van der Waals surface area contributed by atoms with Crippen LogP contribution in [-0.2, 0) is 16.1 Å². The van der Waals surface area contributed by atoms with E-state index in [4.69, 9.17) is 4.74 Å². The Labute approximate surface area is 171 Å². The van der Waals surface area contributed by atoms with Gasteiger partial charge in [-0.05, 0) is 24.1 Å². The standard InChI is InChI=1S/C23H27N3O3/c1-29-21-10-6-5-9-20(21)25-11-13-26(14-12-25)23(28)19-15-18(19)22(27)24-16-17-7-3-2-4-8-17/h2-10,18-19H,11-16H2,1H3,(H,24,27). The Bertz CT molecular complexity index is 863. The lowest BCUT2D eigenvalue weighted by Crippen LogP contribution is -2.49. The Morgan fingerprint density at radius 1 is 0.966 bits per heavy atom. The summed E-state index contributed by atoms with van der Waals surface area (Å²) >= 11 is 0. The normalized spacial score (nSPS) is 20.9. The molecule has 1 aliphatic heterocycles. The molecular formula is C23H27N3O3. The minimum absolute atomic E-state index is 0.0140. The Morgan fingerprint density at radius 2 is 1.66 bits per heavy atom. The maximum Gasteiger partial charge on any atom is 0.226 e. The summed E-state index contributed by atoms with van der Waals surface area (Å²) in [7, 11) is 1.68. The lowest BCUT2D eigenvalue weighted by Gasteiger charge is -2.36. The fraction of sp³-hybridized carbons (Fsp3) is 0.391. The van der Waals surface area contributed by atoms with E-state index in [1.807, 2.05) is 59.5 Å². The van der Waals surface area contributed by atoms with Crippen molar-refractivity contribution in [3.8, 4) is 5.75 Å². The molecule has 4 rings (SSSR count). The van der Waals surface area contributed by atoms with Crippen LogP contribution in [0.1, 0.15) is 12.0 Å². The fourth-order valence-corrected chi connectivity index (χ4v) is 3.97. The minimum Gasteiger partial charge on any atom is -0.495 e. The van der Waals surface area contributed by atoms with Gasteiger partial charge in [0.05, 0.1) is 24.6 Å². The van der Waals surface area contributed by atoms with Crippen molar-refractivity contribution in [2.45, 2.75) is 13.0 Å². The molecule has 2 fully saturated rings. The Morgan fingerprint density at radius 3 is 2.38 bits per heavy atom. The van der Waals surface area contributed by atoms with Crippen LogP contribution in [0.2, 0.25) is 0 Å². The number of carbonyl (C=O) groups is 2. The van der Waals surface area contributed by atoms with E-state index in [1.165, 1.54) is 0 Å². The molecule has 0 spiro atoms. The van der Waals surface area contributed by atoms with Crippen molar-refractivity contribution in [2.75, 3.05) is 38.2 Å². The van der Waals surface area contributed by atoms with E-state index in [1.54, 1.807) is 7.11 Å². The van der Waals surface area contributed by atoms with Gasteiger partial charge in [-0.25, -0.2) is 0 Å². The van der Waals surface area contributed by atoms with E-state index in [2.05, 4.69) is 10.2 Å². The zero-order chi connectivity index (χ0) is 20.2. The Kier molecular flexibility index (Phi) is 5.69. The third kappa shape index (κ3) is 4.36. The van der Waals surface area contributed by atoms with Crippen LogP contribution in [0, 0.1) is 11.8 Å². The van der Waals surface area contributed by atoms with Crippen molar-refractivity contribution >= 4 is 17.5 Å². The lowest BCUT2D eigenvalue weighted by molar-refractivity contribution is -0.135. The summed E-state index contributed by atoms with van der Waals surface area (Å²) in [4.78, 5) is 29.4. The van der Waals surface area contributed by atoms with Gasteiger partial charge in [-0.3, -0.25) is 9.59 Å². The second-order valence-electron chi connectivity index (χ2n) is 7.64. The zero-order valence-corrected chi connectivity index (χ0v) is 16.7. The van der Waals surface area contributed by atoms with Gasteiger partial charge in [0.15, 0.2) is 0 Å². The van der Waals surface area contributed by atoms with Crippen LogP contribution in [0.3, 0.4) is 0 Å². The molecule has 0 radical (unpaired) electrons. The van der Waals surface area contributed by atoms with Gasteiger partial charge in [0.2, 0.25) is 11.8 Å². The molecule has 1 aliphatic carbocycles. The topological polar surface area (TPSA) is 61.9 Å².